The number of rotatable bonds is 3. The molecule has 0 saturated heterocycles. The summed E-state index contributed by atoms with van der Waals surface area (Å²) < 4.78 is 0.746. The fourth-order valence-corrected chi connectivity index (χ4v) is 2.81. The van der Waals surface area contributed by atoms with Gasteiger partial charge in [0.05, 0.1) is 22.1 Å². The Hall–Kier alpha value is -3.00. The Labute approximate surface area is 128 Å². The van der Waals surface area contributed by atoms with Gasteiger partial charge in [-0.15, -0.1) is 11.3 Å². The van der Waals surface area contributed by atoms with Crippen LogP contribution in [0.2, 0.25) is 0 Å². The van der Waals surface area contributed by atoms with E-state index in [1.54, 1.807) is 29.8 Å². The first-order chi connectivity index (χ1) is 10.6. The number of carbonyl (C=O) groups is 2. The highest BCUT2D eigenvalue weighted by Gasteiger charge is 2.13. The average Bonchev–Trinajstić information content (AvgIpc) is 3.00. The standard InChI is InChI=1S/C14H10N4O3S/c19-13(8-2-1-4-15-6-8)17-10-7-16-12(18-14(20)21)9-3-5-22-11(9)10/h1-7H,(H,16,18)(H,17,19)(H,20,21). The summed E-state index contributed by atoms with van der Waals surface area (Å²) in [7, 11) is 0. The number of pyridine rings is 2. The van der Waals surface area contributed by atoms with Gasteiger partial charge in [-0.05, 0) is 23.6 Å². The van der Waals surface area contributed by atoms with E-state index in [9.17, 15) is 9.59 Å². The van der Waals surface area contributed by atoms with Crippen molar-refractivity contribution in [3.05, 3.63) is 47.7 Å². The molecule has 0 aliphatic carbocycles. The number of carboxylic acid groups (broad SMARTS) is 1. The van der Waals surface area contributed by atoms with Gasteiger partial charge in [0.1, 0.15) is 5.82 Å². The molecule has 3 aromatic heterocycles. The smallest absolute Gasteiger partial charge is 0.410 e. The average molecular weight is 314 g/mol. The van der Waals surface area contributed by atoms with Gasteiger partial charge in [-0.2, -0.15) is 0 Å². The van der Waals surface area contributed by atoms with Crippen LogP contribution in [-0.4, -0.2) is 27.1 Å². The van der Waals surface area contributed by atoms with E-state index in [0.717, 1.165) is 4.70 Å². The summed E-state index contributed by atoms with van der Waals surface area (Å²) >= 11 is 1.39. The SMILES string of the molecule is O=C(O)Nc1ncc(NC(=O)c2cccnc2)c2sccc12. The molecule has 3 aromatic rings. The summed E-state index contributed by atoms with van der Waals surface area (Å²) in [6.45, 7) is 0. The van der Waals surface area contributed by atoms with Crippen LogP contribution in [0.4, 0.5) is 16.3 Å². The van der Waals surface area contributed by atoms with Crippen molar-refractivity contribution in [2.75, 3.05) is 10.6 Å². The molecule has 0 aromatic carbocycles. The second-order valence-corrected chi connectivity index (χ2v) is 5.23. The van der Waals surface area contributed by atoms with Crippen LogP contribution in [0.15, 0.2) is 42.2 Å². The zero-order chi connectivity index (χ0) is 15.5. The Bertz CT molecular complexity index is 848. The van der Waals surface area contributed by atoms with Crippen molar-refractivity contribution in [2.45, 2.75) is 0 Å². The van der Waals surface area contributed by atoms with Crippen LogP contribution < -0.4 is 10.6 Å². The van der Waals surface area contributed by atoms with Crippen LogP contribution >= 0.6 is 11.3 Å². The molecule has 3 rings (SSSR count). The first-order valence-corrected chi connectivity index (χ1v) is 7.10. The molecular weight excluding hydrogens is 304 g/mol. The number of carbonyl (C=O) groups excluding carboxylic acids is 1. The maximum absolute atomic E-state index is 12.2. The topological polar surface area (TPSA) is 104 Å². The van der Waals surface area contributed by atoms with Crippen LogP contribution in [0.1, 0.15) is 10.4 Å². The summed E-state index contributed by atoms with van der Waals surface area (Å²) in [5.41, 5.74) is 0.953. The predicted octanol–water partition coefficient (Wildman–Crippen LogP) is 3.03. The van der Waals surface area contributed by atoms with Gasteiger partial charge in [0.25, 0.3) is 5.91 Å². The van der Waals surface area contributed by atoms with Crippen LogP contribution in [0.3, 0.4) is 0 Å². The lowest BCUT2D eigenvalue weighted by Crippen LogP contribution is -2.13. The lowest BCUT2D eigenvalue weighted by molar-refractivity contribution is 0.102. The minimum atomic E-state index is -1.19. The summed E-state index contributed by atoms with van der Waals surface area (Å²) in [4.78, 5) is 30.9. The van der Waals surface area contributed by atoms with Gasteiger partial charge in [0, 0.05) is 17.8 Å². The van der Waals surface area contributed by atoms with Gasteiger partial charge in [-0.1, -0.05) is 0 Å². The molecule has 0 fully saturated rings. The molecule has 7 nitrogen and oxygen atoms in total. The normalized spacial score (nSPS) is 10.4. The number of aromatic nitrogens is 2. The van der Waals surface area contributed by atoms with E-state index in [0.29, 0.717) is 16.6 Å². The van der Waals surface area contributed by atoms with Crippen molar-refractivity contribution in [2.24, 2.45) is 0 Å². The summed E-state index contributed by atoms with van der Waals surface area (Å²) in [6.07, 6.45) is 3.29. The van der Waals surface area contributed by atoms with E-state index in [2.05, 4.69) is 20.6 Å². The fraction of sp³-hybridized carbons (Fsp3) is 0. The van der Waals surface area contributed by atoms with Crippen molar-refractivity contribution in [3.8, 4) is 0 Å². The number of fused-ring (bicyclic) bond motifs is 1. The number of amides is 2. The molecule has 3 heterocycles. The van der Waals surface area contributed by atoms with E-state index in [-0.39, 0.29) is 11.7 Å². The molecule has 0 bridgehead atoms. The Morgan fingerprint density at radius 1 is 1.18 bits per heavy atom. The molecule has 0 aliphatic rings. The van der Waals surface area contributed by atoms with Crippen molar-refractivity contribution < 1.29 is 14.7 Å². The van der Waals surface area contributed by atoms with Crippen molar-refractivity contribution in [1.29, 1.82) is 0 Å². The monoisotopic (exact) mass is 314 g/mol. The number of anilines is 2. The van der Waals surface area contributed by atoms with E-state index in [4.69, 9.17) is 5.11 Å². The Morgan fingerprint density at radius 3 is 2.77 bits per heavy atom. The molecule has 3 N–H and O–H groups in total. The first kappa shape index (κ1) is 14.0. The quantitative estimate of drug-likeness (QED) is 0.689. The van der Waals surface area contributed by atoms with Crippen molar-refractivity contribution in [3.63, 3.8) is 0 Å². The third-order valence-corrected chi connectivity index (χ3v) is 3.83. The Morgan fingerprint density at radius 2 is 2.05 bits per heavy atom. The molecule has 22 heavy (non-hydrogen) atoms. The van der Waals surface area contributed by atoms with Gasteiger partial charge < -0.3 is 10.4 Å². The molecule has 0 spiro atoms. The molecule has 8 heteroatoms. The van der Waals surface area contributed by atoms with Crippen molar-refractivity contribution >= 4 is 44.9 Å². The Kier molecular flexibility index (Phi) is 3.67. The van der Waals surface area contributed by atoms with Gasteiger partial charge >= 0.3 is 6.09 Å². The third-order valence-electron chi connectivity index (χ3n) is 2.88. The van der Waals surface area contributed by atoms with E-state index < -0.39 is 6.09 Å². The van der Waals surface area contributed by atoms with Gasteiger partial charge in [0.15, 0.2) is 0 Å². The number of nitrogens with zero attached hydrogens (tertiary/aromatic N) is 2. The van der Waals surface area contributed by atoms with Crippen LogP contribution in [0, 0.1) is 0 Å². The van der Waals surface area contributed by atoms with Gasteiger partial charge in [-0.3, -0.25) is 15.1 Å². The zero-order valence-electron chi connectivity index (χ0n) is 11.1. The lowest BCUT2D eigenvalue weighted by atomic mass is 10.2. The highest BCUT2D eigenvalue weighted by atomic mass is 32.1. The zero-order valence-corrected chi connectivity index (χ0v) is 11.9. The number of hydrogen-bond acceptors (Lipinski definition) is 5. The van der Waals surface area contributed by atoms with E-state index in [1.165, 1.54) is 23.7 Å². The molecule has 0 aliphatic heterocycles. The third kappa shape index (κ3) is 2.72. The largest absolute Gasteiger partial charge is 0.465 e. The minimum Gasteiger partial charge on any atom is -0.465 e. The van der Waals surface area contributed by atoms with Crippen LogP contribution in [0.25, 0.3) is 10.1 Å². The molecule has 2 amide bonds. The molecule has 110 valence electrons. The molecular formula is C14H10N4O3S. The molecule has 0 radical (unpaired) electrons. The van der Waals surface area contributed by atoms with E-state index in [1.807, 2.05) is 0 Å². The van der Waals surface area contributed by atoms with Gasteiger partial charge in [0.2, 0.25) is 0 Å². The van der Waals surface area contributed by atoms with Crippen molar-refractivity contribution in [1.82, 2.24) is 9.97 Å². The summed E-state index contributed by atoms with van der Waals surface area (Å²) in [5, 5.41) is 16.2. The predicted molar refractivity (Wildman–Crippen MR) is 83.5 cm³/mol. The first-order valence-electron chi connectivity index (χ1n) is 6.22. The Balaban J connectivity index is 1.94. The lowest BCUT2D eigenvalue weighted by Gasteiger charge is -2.08. The highest BCUT2D eigenvalue weighted by molar-refractivity contribution is 7.18. The highest BCUT2D eigenvalue weighted by Crippen LogP contribution is 2.32. The second-order valence-electron chi connectivity index (χ2n) is 4.31. The number of hydrogen-bond donors (Lipinski definition) is 3. The summed E-state index contributed by atoms with van der Waals surface area (Å²) in [5.74, 6) is -0.0633. The van der Waals surface area contributed by atoms with Gasteiger partial charge in [-0.25, -0.2) is 9.78 Å². The molecule has 0 unspecified atom stereocenters. The van der Waals surface area contributed by atoms with E-state index >= 15 is 0 Å². The second kappa shape index (κ2) is 5.78. The maximum atomic E-state index is 12.2. The van der Waals surface area contributed by atoms with Crippen LogP contribution in [0.5, 0.6) is 0 Å². The maximum Gasteiger partial charge on any atom is 0.410 e. The number of thiophene rings is 1. The summed E-state index contributed by atoms with van der Waals surface area (Å²) in [6, 6.07) is 5.08. The molecule has 0 atom stereocenters. The minimum absolute atomic E-state index is 0.239. The number of nitrogens with one attached hydrogen (secondary N) is 2. The van der Waals surface area contributed by atoms with Crippen LogP contribution in [-0.2, 0) is 0 Å². The fourth-order valence-electron chi connectivity index (χ4n) is 1.94. The molecule has 0 saturated carbocycles.